The molecule has 0 spiro atoms. The molecule has 0 atom stereocenters. The van der Waals surface area contributed by atoms with Gasteiger partial charge in [-0.1, -0.05) is 34.1 Å². The molecule has 0 saturated carbocycles. The fourth-order valence-electron chi connectivity index (χ4n) is 2.02. The molecular weight excluding hydrogens is 337 g/mol. The van der Waals surface area contributed by atoms with Crippen LogP contribution in [0.2, 0.25) is 0 Å². The first kappa shape index (κ1) is 13.8. The van der Waals surface area contributed by atoms with E-state index in [4.69, 9.17) is 4.42 Å². The van der Waals surface area contributed by atoms with Gasteiger partial charge in [0, 0.05) is 22.0 Å². The zero-order valence-corrected chi connectivity index (χ0v) is 12.5. The van der Waals surface area contributed by atoms with Gasteiger partial charge in [-0.2, -0.15) is 0 Å². The Kier molecular flexibility index (Phi) is 3.75. The average Bonchev–Trinajstić information content (AvgIpc) is 2.89. The summed E-state index contributed by atoms with van der Waals surface area (Å²) in [7, 11) is 0. The standard InChI is InChI=1S/C16H11BrFNO2/c17-12-6-5-10-7-15(21-14(10)8-12)16(20)19-9-11-3-1-2-4-13(11)18/h1-8H,9H2,(H,19,20). The molecule has 0 unspecified atom stereocenters. The Morgan fingerprint density at radius 3 is 2.81 bits per heavy atom. The number of fused-ring (bicyclic) bond motifs is 1. The lowest BCUT2D eigenvalue weighted by Gasteiger charge is -2.04. The lowest BCUT2D eigenvalue weighted by atomic mass is 10.2. The molecule has 0 aliphatic rings. The second-order valence-electron chi connectivity index (χ2n) is 4.57. The van der Waals surface area contributed by atoms with Crippen LogP contribution in [0.4, 0.5) is 4.39 Å². The summed E-state index contributed by atoms with van der Waals surface area (Å²) < 4.78 is 19.8. The van der Waals surface area contributed by atoms with E-state index in [-0.39, 0.29) is 24.0 Å². The summed E-state index contributed by atoms with van der Waals surface area (Å²) in [5, 5.41) is 3.49. The molecule has 5 heteroatoms. The van der Waals surface area contributed by atoms with Crippen molar-refractivity contribution in [3.63, 3.8) is 0 Å². The van der Waals surface area contributed by atoms with Gasteiger partial charge in [0.1, 0.15) is 11.4 Å². The van der Waals surface area contributed by atoms with E-state index in [1.807, 2.05) is 12.1 Å². The van der Waals surface area contributed by atoms with Crippen LogP contribution in [-0.2, 0) is 6.54 Å². The smallest absolute Gasteiger partial charge is 0.287 e. The number of hydrogen-bond donors (Lipinski definition) is 1. The third-order valence-corrected chi connectivity index (χ3v) is 3.60. The van der Waals surface area contributed by atoms with Gasteiger partial charge in [-0.3, -0.25) is 4.79 Å². The Labute approximate surface area is 128 Å². The number of halogens is 2. The maximum absolute atomic E-state index is 13.5. The van der Waals surface area contributed by atoms with Crippen molar-refractivity contribution in [2.75, 3.05) is 0 Å². The maximum atomic E-state index is 13.5. The van der Waals surface area contributed by atoms with Crippen LogP contribution < -0.4 is 5.32 Å². The molecule has 1 heterocycles. The molecule has 21 heavy (non-hydrogen) atoms. The Morgan fingerprint density at radius 1 is 1.19 bits per heavy atom. The molecular formula is C16H11BrFNO2. The molecule has 0 aliphatic carbocycles. The van der Waals surface area contributed by atoms with Crippen LogP contribution in [0.25, 0.3) is 11.0 Å². The minimum Gasteiger partial charge on any atom is -0.451 e. The summed E-state index contributed by atoms with van der Waals surface area (Å²) in [6.07, 6.45) is 0. The third-order valence-electron chi connectivity index (χ3n) is 3.10. The first-order valence-corrected chi connectivity index (χ1v) is 7.13. The number of carbonyl (C=O) groups is 1. The predicted octanol–water partition coefficient (Wildman–Crippen LogP) is 4.26. The topological polar surface area (TPSA) is 42.2 Å². The first-order chi connectivity index (χ1) is 10.1. The fraction of sp³-hybridized carbons (Fsp3) is 0.0625. The molecule has 3 rings (SSSR count). The number of rotatable bonds is 3. The quantitative estimate of drug-likeness (QED) is 0.768. The zero-order valence-electron chi connectivity index (χ0n) is 10.9. The Hall–Kier alpha value is -2.14. The van der Waals surface area contributed by atoms with E-state index in [0.29, 0.717) is 11.1 Å². The van der Waals surface area contributed by atoms with Crippen molar-refractivity contribution in [1.29, 1.82) is 0 Å². The van der Waals surface area contributed by atoms with Crippen molar-refractivity contribution in [2.45, 2.75) is 6.54 Å². The maximum Gasteiger partial charge on any atom is 0.287 e. The van der Waals surface area contributed by atoms with Gasteiger partial charge in [-0.05, 0) is 30.3 Å². The van der Waals surface area contributed by atoms with Crippen LogP contribution in [0.1, 0.15) is 16.1 Å². The van der Waals surface area contributed by atoms with Crippen LogP contribution in [-0.4, -0.2) is 5.91 Å². The fourth-order valence-corrected chi connectivity index (χ4v) is 2.36. The predicted molar refractivity (Wildman–Crippen MR) is 81.5 cm³/mol. The number of furan rings is 1. The molecule has 0 fully saturated rings. The number of hydrogen-bond acceptors (Lipinski definition) is 2. The van der Waals surface area contributed by atoms with Crippen molar-refractivity contribution in [1.82, 2.24) is 5.32 Å². The van der Waals surface area contributed by atoms with E-state index >= 15 is 0 Å². The lowest BCUT2D eigenvalue weighted by Crippen LogP contribution is -2.22. The van der Waals surface area contributed by atoms with E-state index in [0.717, 1.165) is 9.86 Å². The Bertz CT molecular complexity index is 813. The van der Waals surface area contributed by atoms with E-state index in [1.54, 1.807) is 30.3 Å². The largest absolute Gasteiger partial charge is 0.451 e. The summed E-state index contributed by atoms with van der Waals surface area (Å²) in [6.45, 7) is 0.117. The minimum absolute atomic E-state index is 0.117. The highest BCUT2D eigenvalue weighted by atomic mass is 79.9. The van der Waals surface area contributed by atoms with Gasteiger partial charge in [0.15, 0.2) is 5.76 Å². The van der Waals surface area contributed by atoms with Crippen molar-refractivity contribution in [3.05, 3.63) is 70.1 Å². The second kappa shape index (κ2) is 5.69. The monoisotopic (exact) mass is 347 g/mol. The highest BCUT2D eigenvalue weighted by Gasteiger charge is 2.12. The van der Waals surface area contributed by atoms with E-state index in [1.165, 1.54) is 6.07 Å². The van der Waals surface area contributed by atoms with Gasteiger partial charge in [-0.15, -0.1) is 0 Å². The number of amides is 1. The SMILES string of the molecule is O=C(NCc1ccccc1F)c1cc2ccc(Br)cc2o1. The van der Waals surface area contributed by atoms with Crippen molar-refractivity contribution >= 4 is 32.8 Å². The molecule has 2 aromatic carbocycles. The van der Waals surface area contributed by atoms with E-state index in [9.17, 15) is 9.18 Å². The zero-order chi connectivity index (χ0) is 14.8. The van der Waals surface area contributed by atoms with Gasteiger partial charge < -0.3 is 9.73 Å². The summed E-state index contributed by atoms with van der Waals surface area (Å²) in [6, 6.07) is 13.5. The van der Waals surface area contributed by atoms with Gasteiger partial charge in [0.05, 0.1) is 0 Å². The number of benzene rings is 2. The van der Waals surface area contributed by atoms with Gasteiger partial charge in [0.25, 0.3) is 5.91 Å². The molecule has 1 N–H and O–H groups in total. The van der Waals surface area contributed by atoms with Crippen LogP contribution in [0.3, 0.4) is 0 Å². The van der Waals surface area contributed by atoms with Crippen molar-refractivity contribution in [2.24, 2.45) is 0 Å². The molecule has 3 aromatic rings. The summed E-state index contributed by atoms with van der Waals surface area (Å²) >= 11 is 3.35. The molecule has 0 radical (unpaired) electrons. The van der Waals surface area contributed by atoms with Crippen LogP contribution in [0, 0.1) is 5.82 Å². The Balaban J connectivity index is 1.76. The summed E-state index contributed by atoms with van der Waals surface area (Å²) in [4.78, 5) is 12.0. The Morgan fingerprint density at radius 2 is 2.00 bits per heavy atom. The molecule has 0 aliphatic heterocycles. The normalized spacial score (nSPS) is 10.8. The number of nitrogens with one attached hydrogen (secondary N) is 1. The highest BCUT2D eigenvalue weighted by molar-refractivity contribution is 9.10. The molecule has 1 amide bonds. The van der Waals surface area contributed by atoms with Crippen molar-refractivity contribution in [3.8, 4) is 0 Å². The van der Waals surface area contributed by atoms with Crippen LogP contribution in [0.15, 0.2) is 57.4 Å². The van der Waals surface area contributed by atoms with Gasteiger partial charge in [-0.25, -0.2) is 4.39 Å². The van der Waals surface area contributed by atoms with Gasteiger partial charge >= 0.3 is 0 Å². The summed E-state index contributed by atoms with van der Waals surface area (Å²) in [5.41, 5.74) is 1.06. The lowest BCUT2D eigenvalue weighted by molar-refractivity contribution is 0.0925. The van der Waals surface area contributed by atoms with E-state index < -0.39 is 0 Å². The third kappa shape index (κ3) is 2.97. The highest BCUT2D eigenvalue weighted by Crippen LogP contribution is 2.23. The molecule has 3 nitrogen and oxygen atoms in total. The minimum atomic E-state index is -0.370. The van der Waals surface area contributed by atoms with Crippen LogP contribution >= 0.6 is 15.9 Å². The first-order valence-electron chi connectivity index (χ1n) is 6.34. The van der Waals surface area contributed by atoms with E-state index in [2.05, 4.69) is 21.2 Å². The second-order valence-corrected chi connectivity index (χ2v) is 5.48. The number of carbonyl (C=O) groups excluding carboxylic acids is 1. The molecule has 1 aromatic heterocycles. The van der Waals surface area contributed by atoms with Crippen LogP contribution in [0.5, 0.6) is 0 Å². The average molecular weight is 348 g/mol. The molecule has 0 saturated heterocycles. The van der Waals surface area contributed by atoms with Crippen molar-refractivity contribution < 1.29 is 13.6 Å². The van der Waals surface area contributed by atoms with Gasteiger partial charge in [0.2, 0.25) is 0 Å². The molecule has 106 valence electrons. The summed E-state index contributed by atoms with van der Waals surface area (Å²) in [5.74, 6) is -0.503. The molecule has 0 bridgehead atoms.